The van der Waals surface area contributed by atoms with Crippen LogP contribution in [0, 0.1) is 18.7 Å². The lowest BCUT2D eigenvalue weighted by Gasteiger charge is -2.34. The smallest absolute Gasteiger partial charge is 0.223 e. The number of nitrogens with zero attached hydrogens (tertiary/aromatic N) is 1. The standard InChI is InChI=1S/C22H25FN2O/c1-14-3-4-16-13-25(2)21(11-17(16)7-14)12-24-22(26)19-8-15-5-6-20(23)10-18(15)9-19/h3-7,10,19,21H,8-9,11-13H2,1-2H3,(H,24,26). The van der Waals surface area contributed by atoms with E-state index in [-0.39, 0.29) is 17.6 Å². The zero-order valence-electron chi connectivity index (χ0n) is 15.4. The summed E-state index contributed by atoms with van der Waals surface area (Å²) in [5.74, 6) is -0.206. The van der Waals surface area contributed by atoms with Gasteiger partial charge in [0.05, 0.1) is 0 Å². The first-order chi connectivity index (χ1) is 12.5. The number of fused-ring (bicyclic) bond motifs is 2. The van der Waals surface area contributed by atoms with Gasteiger partial charge < -0.3 is 5.32 Å². The van der Waals surface area contributed by atoms with Crippen molar-refractivity contribution in [2.45, 2.75) is 38.8 Å². The van der Waals surface area contributed by atoms with Gasteiger partial charge >= 0.3 is 0 Å². The summed E-state index contributed by atoms with van der Waals surface area (Å²) in [5.41, 5.74) is 6.14. The van der Waals surface area contributed by atoms with Crippen molar-refractivity contribution in [1.82, 2.24) is 10.2 Å². The number of carbonyl (C=O) groups is 1. The van der Waals surface area contributed by atoms with E-state index in [1.165, 1.54) is 22.8 Å². The molecule has 2 aliphatic rings. The molecule has 0 fully saturated rings. The van der Waals surface area contributed by atoms with Crippen LogP contribution >= 0.6 is 0 Å². The number of halogens is 1. The molecule has 1 amide bonds. The van der Waals surface area contributed by atoms with Crippen LogP contribution in [0.15, 0.2) is 36.4 Å². The fourth-order valence-electron chi connectivity index (χ4n) is 4.27. The molecular weight excluding hydrogens is 327 g/mol. The van der Waals surface area contributed by atoms with Crippen molar-refractivity contribution in [3.8, 4) is 0 Å². The number of hydrogen-bond donors (Lipinski definition) is 1. The third-order valence-corrected chi connectivity index (χ3v) is 5.84. The van der Waals surface area contributed by atoms with Gasteiger partial charge in [-0.15, -0.1) is 0 Å². The molecular formula is C22H25FN2O. The van der Waals surface area contributed by atoms with Crippen LogP contribution in [0.3, 0.4) is 0 Å². The molecule has 0 spiro atoms. The summed E-state index contributed by atoms with van der Waals surface area (Å²) in [5, 5.41) is 3.15. The highest BCUT2D eigenvalue weighted by Gasteiger charge is 2.29. The molecule has 2 unspecified atom stereocenters. The average Bonchev–Trinajstić information content (AvgIpc) is 3.03. The Kier molecular flexibility index (Phi) is 4.53. The summed E-state index contributed by atoms with van der Waals surface area (Å²) >= 11 is 0. The second-order valence-electron chi connectivity index (χ2n) is 7.81. The van der Waals surface area contributed by atoms with E-state index >= 15 is 0 Å². The third-order valence-electron chi connectivity index (χ3n) is 5.84. The number of benzene rings is 2. The lowest BCUT2D eigenvalue weighted by Crippen LogP contribution is -2.46. The van der Waals surface area contributed by atoms with Crippen LogP contribution in [-0.4, -0.2) is 30.4 Å². The zero-order valence-corrected chi connectivity index (χ0v) is 15.4. The first kappa shape index (κ1) is 17.2. The summed E-state index contributed by atoms with van der Waals surface area (Å²) in [6.45, 7) is 3.70. The Bertz CT molecular complexity index is 848. The van der Waals surface area contributed by atoms with Crippen LogP contribution < -0.4 is 5.32 Å². The third kappa shape index (κ3) is 3.38. The molecule has 4 heteroatoms. The number of nitrogens with one attached hydrogen (secondary N) is 1. The lowest BCUT2D eigenvalue weighted by atomic mass is 9.93. The highest BCUT2D eigenvalue weighted by molar-refractivity contribution is 5.80. The fraction of sp³-hybridized carbons (Fsp3) is 0.409. The van der Waals surface area contributed by atoms with Crippen LogP contribution in [0.5, 0.6) is 0 Å². The van der Waals surface area contributed by atoms with Gasteiger partial charge in [-0.3, -0.25) is 9.69 Å². The molecule has 26 heavy (non-hydrogen) atoms. The van der Waals surface area contributed by atoms with Gasteiger partial charge in [0.15, 0.2) is 0 Å². The summed E-state index contributed by atoms with van der Waals surface area (Å²) in [7, 11) is 2.12. The monoisotopic (exact) mass is 352 g/mol. The molecule has 2 atom stereocenters. The van der Waals surface area contributed by atoms with Crippen LogP contribution in [-0.2, 0) is 30.6 Å². The van der Waals surface area contributed by atoms with E-state index in [1.54, 1.807) is 6.07 Å². The van der Waals surface area contributed by atoms with E-state index in [0.29, 0.717) is 25.4 Å². The average molecular weight is 352 g/mol. The van der Waals surface area contributed by atoms with Crippen LogP contribution in [0.4, 0.5) is 4.39 Å². The first-order valence-corrected chi connectivity index (χ1v) is 9.33. The molecule has 1 aliphatic carbocycles. The van der Waals surface area contributed by atoms with E-state index in [2.05, 4.69) is 42.4 Å². The molecule has 0 saturated carbocycles. The van der Waals surface area contributed by atoms with E-state index in [9.17, 15) is 9.18 Å². The van der Waals surface area contributed by atoms with Gasteiger partial charge in [0, 0.05) is 25.0 Å². The van der Waals surface area contributed by atoms with Crippen molar-refractivity contribution in [3.05, 3.63) is 70.0 Å². The molecule has 2 aromatic rings. The van der Waals surface area contributed by atoms with Gasteiger partial charge in [0.2, 0.25) is 5.91 Å². The molecule has 1 aliphatic heterocycles. The maximum absolute atomic E-state index is 13.4. The van der Waals surface area contributed by atoms with Gasteiger partial charge in [-0.2, -0.15) is 0 Å². The molecule has 0 radical (unpaired) electrons. The number of aryl methyl sites for hydroxylation is 1. The highest BCUT2D eigenvalue weighted by atomic mass is 19.1. The van der Waals surface area contributed by atoms with Crippen LogP contribution in [0.25, 0.3) is 0 Å². The minimum Gasteiger partial charge on any atom is -0.354 e. The Morgan fingerprint density at radius 2 is 1.81 bits per heavy atom. The maximum atomic E-state index is 13.4. The summed E-state index contributed by atoms with van der Waals surface area (Å²) in [6.07, 6.45) is 2.31. The van der Waals surface area contributed by atoms with Gasteiger partial charge in [0.25, 0.3) is 0 Å². The van der Waals surface area contributed by atoms with Crippen molar-refractivity contribution >= 4 is 5.91 Å². The SMILES string of the molecule is Cc1ccc2c(c1)CC(CNC(=O)C1Cc3ccc(F)cc3C1)N(C)C2. The Labute approximate surface area is 154 Å². The van der Waals surface area contributed by atoms with E-state index in [4.69, 9.17) is 0 Å². The highest BCUT2D eigenvalue weighted by Crippen LogP contribution is 2.28. The number of likely N-dealkylation sites (N-methyl/N-ethyl adjacent to an activating group) is 1. The van der Waals surface area contributed by atoms with Gasteiger partial charge in [0.1, 0.15) is 5.82 Å². The molecule has 1 heterocycles. The maximum Gasteiger partial charge on any atom is 0.223 e. The second-order valence-corrected chi connectivity index (χ2v) is 7.81. The predicted molar refractivity (Wildman–Crippen MR) is 100 cm³/mol. The molecule has 0 bridgehead atoms. The van der Waals surface area contributed by atoms with Crippen molar-refractivity contribution < 1.29 is 9.18 Å². The van der Waals surface area contributed by atoms with E-state index < -0.39 is 0 Å². The second kappa shape index (κ2) is 6.84. The molecule has 0 aromatic heterocycles. The van der Waals surface area contributed by atoms with Gasteiger partial charge in [-0.1, -0.05) is 29.8 Å². The number of carbonyl (C=O) groups excluding carboxylic acids is 1. The van der Waals surface area contributed by atoms with Gasteiger partial charge in [-0.05, 0) is 67.6 Å². The van der Waals surface area contributed by atoms with Crippen molar-refractivity contribution in [1.29, 1.82) is 0 Å². The summed E-state index contributed by atoms with van der Waals surface area (Å²) in [4.78, 5) is 14.9. The molecule has 3 nitrogen and oxygen atoms in total. The Morgan fingerprint density at radius 3 is 2.65 bits per heavy atom. The number of hydrogen-bond acceptors (Lipinski definition) is 2. The number of rotatable bonds is 3. The predicted octanol–water partition coefficient (Wildman–Crippen LogP) is 3.02. The molecule has 2 aromatic carbocycles. The number of amides is 1. The van der Waals surface area contributed by atoms with Crippen LogP contribution in [0.1, 0.15) is 27.8 Å². The van der Waals surface area contributed by atoms with E-state index in [0.717, 1.165) is 24.1 Å². The normalized spacial score (nSPS) is 22.0. The van der Waals surface area contributed by atoms with Gasteiger partial charge in [-0.25, -0.2) is 4.39 Å². The minimum atomic E-state index is -0.220. The summed E-state index contributed by atoms with van der Waals surface area (Å²) < 4.78 is 13.4. The van der Waals surface area contributed by atoms with Crippen molar-refractivity contribution in [3.63, 3.8) is 0 Å². The molecule has 136 valence electrons. The zero-order chi connectivity index (χ0) is 18.3. The first-order valence-electron chi connectivity index (χ1n) is 9.33. The Hall–Kier alpha value is -2.20. The lowest BCUT2D eigenvalue weighted by molar-refractivity contribution is -0.125. The minimum absolute atomic E-state index is 0.0739. The Morgan fingerprint density at radius 1 is 1.08 bits per heavy atom. The van der Waals surface area contributed by atoms with E-state index in [1.807, 2.05) is 6.07 Å². The van der Waals surface area contributed by atoms with Crippen molar-refractivity contribution in [2.75, 3.05) is 13.6 Å². The molecule has 4 rings (SSSR count). The largest absolute Gasteiger partial charge is 0.354 e. The quantitative estimate of drug-likeness (QED) is 0.921. The summed E-state index contributed by atoms with van der Waals surface area (Å²) in [6, 6.07) is 11.8. The molecule has 0 saturated heterocycles. The van der Waals surface area contributed by atoms with Crippen LogP contribution in [0.2, 0.25) is 0 Å². The fourth-order valence-corrected chi connectivity index (χ4v) is 4.27. The Balaban J connectivity index is 1.36. The molecule has 1 N–H and O–H groups in total. The topological polar surface area (TPSA) is 32.3 Å². The van der Waals surface area contributed by atoms with Crippen molar-refractivity contribution in [2.24, 2.45) is 5.92 Å².